The van der Waals surface area contributed by atoms with Crippen molar-refractivity contribution >= 4 is 5.91 Å². The summed E-state index contributed by atoms with van der Waals surface area (Å²) in [6.45, 7) is 0.681. The lowest BCUT2D eigenvalue weighted by Gasteiger charge is -2.38. The van der Waals surface area contributed by atoms with Crippen LogP contribution >= 0.6 is 0 Å². The number of halogens is 3. The molecule has 2 atom stereocenters. The standard InChI is InChI=1S/C22H25F3N2O/c23-22(24,25)21(28)27(14-12-17-7-3-1-4-8-17)20-11-13-26-19(16-20)15-18-9-5-2-6-10-18/h1-10,19-20,26H,11-16H2. The molecule has 1 N–H and O–H groups in total. The van der Waals surface area contributed by atoms with Gasteiger partial charge in [0.25, 0.3) is 0 Å². The van der Waals surface area contributed by atoms with E-state index in [1.165, 1.54) is 0 Å². The number of hydrogen-bond acceptors (Lipinski definition) is 2. The third-order valence-corrected chi connectivity index (χ3v) is 5.22. The van der Waals surface area contributed by atoms with Crippen molar-refractivity contribution < 1.29 is 18.0 Å². The van der Waals surface area contributed by atoms with Crippen LogP contribution < -0.4 is 5.32 Å². The van der Waals surface area contributed by atoms with Gasteiger partial charge in [0, 0.05) is 18.6 Å². The lowest BCUT2D eigenvalue weighted by atomic mass is 9.92. The smallest absolute Gasteiger partial charge is 0.331 e. The number of hydrogen-bond donors (Lipinski definition) is 1. The number of carbonyl (C=O) groups excluding carboxylic acids is 1. The summed E-state index contributed by atoms with van der Waals surface area (Å²) in [5, 5.41) is 3.38. The van der Waals surface area contributed by atoms with Crippen molar-refractivity contribution in [1.82, 2.24) is 10.2 Å². The molecule has 0 bridgehead atoms. The Morgan fingerprint density at radius 2 is 1.61 bits per heavy atom. The molecule has 150 valence electrons. The van der Waals surface area contributed by atoms with E-state index in [9.17, 15) is 18.0 Å². The Morgan fingerprint density at radius 1 is 1.00 bits per heavy atom. The van der Waals surface area contributed by atoms with E-state index in [0.717, 1.165) is 22.4 Å². The molecule has 28 heavy (non-hydrogen) atoms. The lowest BCUT2D eigenvalue weighted by molar-refractivity contribution is -0.188. The number of nitrogens with one attached hydrogen (secondary N) is 1. The van der Waals surface area contributed by atoms with Crippen LogP contribution in [0.15, 0.2) is 60.7 Å². The number of piperidine rings is 1. The number of carbonyl (C=O) groups is 1. The molecule has 0 spiro atoms. The SMILES string of the molecule is O=C(N(CCc1ccccc1)C1CCNC(Cc2ccccc2)C1)C(F)(F)F. The zero-order valence-corrected chi connectivity index (χ0v) is 15.7. The van der Waals surface area contributed by atoms with Crippen molar-refractivity contribution in [3.05, 3.63) is 71.8 Å². The van der Waals surface area contributed by atoms with Gasteiger partial charge in [0.2, 0.25) is 0 Å². The first-order valence-corrected chi connectivity index (χ1v) is 9.62. The minimum Gasteiger partial charge on any atom is -0.331 e. The minimum absolute atomic E-state index is 0.0569. The van der Waals surface area contributed by atoms with Crippen LogP contribution in [0.1, 0.15) is 24.0 Å². The summed E-state index contributed by atoms with van der Waals surface area (Å²) in [4.78, 5) is 13.2. The summed E-state index contributed by atoms with van der Waals surface area (Å²) >= 11 is 0. The van der Waals surface area contributed by atoms with Crippen LogP contribution in [-0.2, 0) is 17.6 Å². The van der Waals surface area contributed by atoms with Crippen molar-refractivity contribution in [2.45, 2.75) is 43.9 Å². The third-order valence-electron chi connectivity index (χ3n) is 5.22. The summed E-state index contributed by atoms with van der Waals surface area (Å²) < 4.78 is 39.7. The molecule has 2 unspecified atom stereocenters. The van der Waals surface area contributed by atoms with E-state index in [4.69, 9.17) is 0 Å². The van der Waals surface area contributed by atoms with Crippen LogP contribution in [0.2, 0.25) is 0 Å². The van der Waals surface area contributed by atoms with Gasteiger partial charge in [0.15, 0.2) is 0 Å². The maximum Gasteiger partial charge on any atom is 0.471 e. The second kappa shape index (κ2) is 9.24. The Kier molecular flexibility index (Phi) is 6.73. The predicted octanol–water partition coefficient (Wildman–Crippen LogP) is 3.98. The number of nitrogens with zero attached hydrogens (tertiary/aromatic N) is 1. The fourth-order valence-electron chi connectivity index (χ4n) is 3.83. The van der Waals surface area contributed by atoms with Crippen molar-refractivity contribution in [2.75, 3.05) is 13.1 Å². The molecule has 6 heteroatoms. The maximum absolute atomic E-state index is 13.2. The van der Waals surface area contributed by atoms with Gasteiger partial charge >= 0.3 is 12.1 Å². The summed E-state index contributed by atoms with van der Waals surface area (Å²) in [5.41, 5.74) is 2.07. The molecular weight excluding hydrogens is 365 g/mol. The third kappa shape index (κ3) is 5.58. The van der Waals surface area contributed by atoms with E-state index in [1.807, 2.05) is 60.7 Å². The van der Waals surface area contributed by atoms with Crippen LogP contribution in [0.5, 0.6) is 0 Å². The van der Waals surface area contributed by atoms with Gasteiger partial charge in [-0.05, 0) is 43.4 Å². The molecule has 0 aliphatic carbocycles. The van der Waals surface area contributed by atoms with Crippen molar-refractivity contribution in [2.24, 2.45) is 0 Å². The second-order valence-corrected chi connectivity index (χ2v) is 7.25. The quantitative estimate of drug-likeness (QED) is 0.809. The van der Waals surface area contributed by atoms with Gasteiger partial charge in [-0.1, -0.05) is 60.7 Å². The molecule has 0 aromatic heterocycles. The zero-order valence-electron chi connectivity index (χ0n) is 15.7. The Bertz CT molecular complexity index is 749. The minimum atomic E-state index is -4.85. The Hall–Kier alpha value is -2.34. The summed E-state index contributed by atoms with van der Waals surface area (Å²) in [7, 11) is 0. The lowest BCUT2D eigenvalue weighted by Crippen LogP contribution is -2.54. The molecule has 2 aromatic rings. The van der Waals surface area contributed by atoms with E-state index in [0.29, 0.717) is 25.8 Å². The number of benzene rings is 2. The Labute approximate surface area is 163 Å². The first-order chi connectivity index (χ1) is 13.4. The molecule has 1 aliphatic heterocycles. The molecule has 1 fully saturated rings. The molecule has 1 heterocycles. The molecule has 1 saturated heterocycles. The average molecular weight is 390 g/mol. The maximum atomic E-state index is 13.2. The van der Waals surface area contributed by atoms with Crippen molar-refractivity contribution in [1.29, 1.82) is 0 Å². The number of amides is 1. The topological polar surface area (TPSA) is 32.3 Å². The summed E-state index contributed by atoms with van der Waals surface area (Å²) in [6, 6.07) is 18.8. The fourth-order valence-corrected chi connectivity index (χ4v) is 3.83. The van der Waals surface area contributed by atoms with Crippen molar-refractivity contribution in [3.8, 4) is 0 Å². The van der Waals surface area contributed by atoms with E-state index >= 15 is 0 Å². The molecule has 0 saturated carbocycles. The van der Waals surface area contributed by atoms with E-state index in [2.05, 4.69) is 5.32 Å². The van der Waals surface area contributed by atoms with Gasteiger partial charge < -0.3 is 10.2 Å². The van der Waals surface area contributed by atoms with Gasteiger partial charge in [-0.3, -0.25) is 4.79 Å². The molecule has 3 nitrogen and oxygen atoms in total. The second-order valence-electron chi connectivity index (χ2n) is 7.25. The molecule has 1 aliphatic rings. The highest BCUT2D eigenvalue weighted by Crippen LogP contribution is 2.25. The van der Waals surface area contributed by atoms with E-state index in [1.54, 1.807) is 0 Å². The van der Waals surface area contributed by atoms with Gasteiger partial charge in [-0.25, -0.2) is 0 Å². The highest BCUT2D eigenvalue weighted by atomic mass is 19.4. The number of rotatable bonds is 6. The zero-order chi connectivity index (χ0) is 20.0. The fraction of sp³-hybridized carbons (Fsp3) is 0.409. The Balaban J connectivity index is 1.70. The first-order valence-electron chi connectivity index (χ1n) is 9.62. The van der Waals surface area contributed by atoms with E-state index < -0.39 is 18.1 Å². The summed E-state index contributed by atoms with van der Waals surface area (Å²) in [6.07, 6.45) is -2.65. The summed E-state index contributed by atoms with van der Waals surface area (Å²) in [5.74, 6) is -1.73. The van der Waals surface area contributed by atoms with Gasteiger partial charge in [0.1, 0.15) is 0 Å². The first kappa shape index (κ1) is 20.4. The van der Waals surface area contributed by atoms with Crippen LogP contribution in [0, 0.1) is 0 Å². The van der Waals surface area contributed by atoms with Crippen LogP contribution in [0.25, 0.3) is 0 Å². The monoisotopic (exact) mass is 390 g/mol. The highest BCUT2D eigenvalue weighted by molar-refractivity contribution is 5.82. The van der Waals surface area contributed by atoms with Gasteiger partial charge in [0.05, 0.1) is 0 Å². The molecular formula is C22H25F3N2O. The predicted molar refractivity (Wildman–Crippen MR) is 103 cm³/mol. The van der Waals surface area contributed by atoms with Gasteiger partial charge in [-0.2, -0.15) is 13.2 Å². The molecule has 2 aromatic carbocycles. The van der Waals surface area contributed by atoms with Gasteiger partial charge in [-0.15, -0.1) is 0 Å². The van der Waals surface area contributed by atoms with E-state index in [-0.39, 0.29) is 12.6 Å². The number of alkyl halides is 3. The highest BCUT2D eigenvalue weighted by Gasteiger charge is 2.45. The normalized spacial score (nSPS) is 20.0. The average Bonchev–Trinajstić information content (AvgIpc) is 2.69. The van der Waals surface area contributed by atoms with Crippen LogP contribution in [0.3, 0.4) is 0 Å². The molecule has 3 rings (SSSR count). The van der Waals surface area contributed by atoms with Crippen molar-refractivity contribution in [3.63, 3.8) is 0 Å². The van der Waals surface area contributed by atoms with Crippen LogP contribution in [-0.4, -0.2) is 42.2 Å². The molecule has 0 radical (unpaired) electrons. The Morgan fingerprint density at radius 3 is 2.21 bits per heavy atom. The van der Waals surface area contributed by atoms with Crippen LogP contribution in [0.4, 0.5) is 13.2 Å². The largest absolute Gasteiger partial charge is 0.471 e. The molecule has 1 amide bonds.